The highest BCUT2D eigenvalue weighted by atomic mass is 19.4. The molecule has 1 aromatic rings. The maximum Gasteiger partial charge on any atom is 0.418 e. The molecule has 3 rings (SSSR count). The van der Waals surface area contributed by atoms with Crippen molar-refractivity contribution in [2.75, 3.05) is 11.4 Å². The first kappa shape index (κ1) is 23.2. The van der Waals surface area contributed by atoms with Crippen LogP contribution in [0.4, 0.5) is 23.7 Å². The second kappa shape index (κ2) is 8.96. The Hall–Kier alpha value is -2.45. The van der Waals surface area contributed by atoms with Crippen LogP contribution in [0.5, 0.6) is 5.75 Å². The molecule has 1 heterocycles. The first-order valence-electron chi connectivity index (χ1n) is 10.6. The summed E-state index contributed by atoms with van der Waals surface area (Å²) in [5.74, 6) is 0.00243. The van der Waals surface area contributed by atoms with Crippen LogP contribution in [0.2, 0.25) is 0 Å². The van der Waals surface area contributed by atoms with E-state index in [9.17, 15) is 22.8 Å². The third-order valence-electron chi connectivity index (χ3n) is 5.34. The van der Waals surface area contributed by atoms with E-state index in [0.717, 1.165) is 6.07 Å². The van der Waals surface area contributed by atoms with Gasteiger partial charge in [0.15, 0.2) is 0 Å². The number of nitrogens with one attached hydrogen (secondary N) is 1. The number of carbonyl (C=O) groups excluding carboxylic acids is 2. The number of nitrogens with zero attached hydrogens (tertiary/aromatic N) is 1. The molecule has 2 fully saturated rings. The average molecular weight is 442 g/mol. The molecule has 2 amide bonds. The van der Waals surface area contributed by atoms with E-state index in [4.69, 9.17) is 9.47 Å². The van der Waals surface area contributed by atoms with E-state index in [1.807, 2.05) is 0 Å². The van der Waals surface area contributed by atoms with E-state index in [1.54, 1.807) is 20.8 Å². The number of benzene rings is 1. The number of ether oxygens (including phenoxy) is 2. The van der Waals surface area contributed by atoms with Crippen LogP contribution >= 0.6 is 0 Å². The fourth-order valence-corrected chi connectivity index (χ4v) is 3.94. The fourth-order valence-electron chi connectivity index (χ4n) is 3.94. The summed E-state index contributed by atoms with van der Waals surface area (Å²) in [5, 5.41) is 2.85. The van der Waals surface area contributed by atoms with Gasteiger partial charge in [-0.3, -0.25) is 4.79 Å². The lowest BCUT2D eigenvalue weighted by atomic mass is 9.93. The SMILES string of the molecule is CC(C)(C)OC(=O)NC1CCC(Oc2ccc(C(F)(F)F)c(N3CCCC3=O)c2)CC1. The maximum absolute atomic E-state index is 13.4. The standard InChI is InChI=1S/C22H29F3N2O4/c1-21(2,3)31-20(29)26-14-6-8-15(9-7-14)30-16-10-11-17(22(23,24)25)18(13-16)27-12-4-5-19(27)28/h10-11,13-15H,4-9,12H2,1-3H3,(H,26,29). The summed E-state index contributed by atoms with van der Waals surface area (Å²) in [6.07, 6.45) is -1.73. The number of rotatable bonds is 4. The second-order valence-corrected chi connectivity index (χ2v) is 9.06. The van der Waals surface area contributed by atoms with Crippen molar-refractivity contribution in [2.45, 2.75) is 83.2 Å². The molecule has 1 aromatic carbocycles. The highest BCUT2D eigenvalue weighted by molar-refractivity contribution is 5.96. The Kier molecular flexibility index (Phi) is 6.71. The minimum Gasteiger partial charge on any atom is -0.490 e. The molecular weight excluding hydrogens is 413 g/mol. The highest BCUT2D eigenvalue weighted by Gasteiger charge is 2.37. The lowest BCUT2D eigenvalue weighted by molar-refractivity contribution is -0.137. The van der Waals surface area contributed by atoms with Crippen LogP contribution < -0.4 is 15.0 Å². The molecule has 0 aromatic heterocycles. The van der Waals surface area contributed by atoms with Crippen LogP contribution in [-0.2, 0) is 15.7 Å². The molecule has 0 spiro atoms. The van der Waals surface area contributed by atoms with E-state index >= 15 is 0 Å². The molecule has 0 bridgehead atoms. The number of hydrogen-bond acceptors (Lipinski definition) is 4. The zero-order valence-corrected chi connectivity index (χ0v) is 18.1. The zero-order chi connectivity index (χ0) is 22.8. The van der Waals surface area contributed by atoms with Gasteiger partial charge in [-0.15, -0.1) is 0 Å². The highest BCUT2D eigenvalue weighted by Crippen LogP contribution is 2.40. The molecule has 172 valence electrons. The van der Waals surface area contributed by atoms with Crippen LogP contribution in [0.1, 0.15) is 64.9 Å². The Labute approximate surface area is 180 Å². The molecule has 9 heteroatoms. The Morgan fingerprint density at radius 3 is 2.35 bits per heavy atom. The quantitative estimate of drug-likeness (QED) is 0.709. The van der Waals surface area contributed by atoms with Gasteiger partial charge in [-0.1, -0.05) is 0 Å². The van der Waals surface area contributed by atoms with Gasteiger partial charge < -0.3 is 19.7 Å². The molecule has 6 nitrogen and oxygen atoms in total. The van der Waals surface area contributed by atoms with Crippen molar-refractivity contribution in [3.05, 3.63) is 23.8 Å². The Balaban J connectivity index is 1.62. The lowest BCUT2D eigenvalue weighted by Crippen LogP contribution is -2.42. The van der Waals surface area contributed by atoms with Crippen molar-refractivity contribution in [3.8, 4) is 5.75 Å². The first-order valence-corrected chi connectivity index (χ1v) is 10.6. The van der Waals surface area contributed by atoms with Crippen LogP contribution in [0.3, 0.4) is 0 Å². The zero-order valence-electron chi connectivity index (χ0n) is 18.1. The number of amides is 2. The van der Waals surface area contributed by atoms with Crippen LogP contribution in [-0.4, -0.2) is 36.3 Å². The Morgan fingerprint density at radius 2 is 1.81 bits per heavy atom. The van der Waals surface area contributed by atoms with E-state index in [1.165, 1.54) is 17.0 Å². The smallest absolute Gasteiger partial charge is 0.418 e. The van der Waals surface area contributed by atoms with Crippen molar-refractivity contribution in [1.29, 1.82) is 0 Å². The number of hydrogen-bond donors (Lipinski definition) is 1. The van der Waals surface area contributed by atoms with Gasteiger partial charge in [-0.25, -0.2) is 4.79 Å². The third-order valence-corrected chi connectivity index (χ3v) is 5.34. The van der Waals surface area contributed by atoms with Gasteiger partial charge >= 0.3 is 12.3 Å². The van der Waals surface area contributed by atoms with Crippen molar-refractivity contribution < 1.29 is 32.2 Å². The number of alkyl halides is 3. The van der Waals surface area contributed by atoms with Crippen molar-refractivity contribution in [2.24, 2.45) is 0 Å². The van der Waals surface area contributed by atoms with Gasteiger partial charge in [0.2, 0.25) is 5.91 Å². The molecule has 1 saturated carbocycles. The molecular formula is C22H29F3N2O4. The third kappa shape index (κ3) is 6.27. The monoisotopic (exact) mass is 442 g/mol. The topological polar surface area (TPSA) is 67.9 Å². The summed E-state index contributed by atoms with van der Waals surface area (Å²) < 4.78 is 51.5. The molecule has 0 radical (unpaired) electrons. The van der Waals surface area contributed by atoms with E-state index in [2.05, 4.69) is 5.32 Å². The van der Waals surface area contributed by atoms with E-state index in [0.29, 0.717) is 37.9 Å². The van der Waals surface area contributed by atoms with Crippen molar-refractivity contribution in [3.63, 3.8) is 0 Å². The van der Waals surface area contributed by atoms with Crippen LogP contribution in [0.15, 0.2) is 18.2 Å². The predicted octanol–water partition coefficient (Wildman–Crippen LogP) is 5.05. The van der Waals surface area contributed by atoms with Crippen LogP contribution in [0.25, 0.3) is 0 Å². The second-order valence-electron chi connectivity index (χ2n) is 9.06. The van der Waals surface area contributed by atoms with Crippen molar-refractivity contribution in [1.82, 2.24) is 5.32 Å². The molecule has 31 heavy (non-hydrogen) atoms. The summed E-state index contributed by atoms with van der Waals surface area (Å²) in [4.78, 5) is 25.1. The minimum atomic E-state index is -4.55. The lowest BCUT2D eigenvalue weighted by Gasteiger charge is -2.31. The first-order chi connectivity index (χ1) is 14.4. The van der Waals surface area contributed by atoms with Crippen molar-refractivity contribution >= 4 is 17.7 Å². The van der Waals surface area contributed by atoms with Gasteiger partial charge in [0, 0.05) is 25.1 Å². The Bertz CT molecular complexity index is 812. The van der Waals surface area contributed by atoms with Gasteiger partial charge in [0.1, 0.15) is 11.4 Å². The number of carbonyl (C=O) groups is 2. The number of anilines is 1. The normalized spacial score (nSPS) is 22.4. The van der Waals surface area contributed by atoms with Crippen LogP contribution in [0, 0.1) is 0 Å². The molecule has 0 atom stereocenters. The predicted molar refractivity (Wildman–Crippen MR) is 109 cm³/mol. The summed E-state index contributed by atoms with van der Waals surface area (Å²) in [7, 11) is 0. The van der Waals surface area contributed by atoms with E-state index in [-0.39, 0.29) is 36.7 Å². The molecule has 1 N–H and O–H groups in total. The summed E-state index contributed by atoms with van der Waals surface area (Å²) in [5.41, 5.74) is -1.55. The number of alkyl carbamates (subject to hydrolysis) is 1. The summed E-state index contributed by atoms with van der Waals surface area (Å²) >= 11 is 0. The molecule has 2 aliphatic rings. The van der Waals surface area contributed by atoms with Gasteiger partial charge in [-0.2, -0.15) is 13.2 Å². The van der Waals surface area contributed by atoms with Gasteiger partial charge in [-0.05, 0) is 65.0 Å². The summed E-state index contributed by atoms with van der Waals surface area (Å²) in [6.45, 7) is 5.66. The summed E-state index contributed by atoms with van der Waals surface area (Å²) in [6, 6.07) is 3.57. The fraction of sp³-hybridized carbons (Fsp3) is 0.636. The average Bonchev–Trinajstić information content (AvgIpc) is 3.06. The Morgan fingerprint density at radius 1 is 1.13 bits per heavy atom. The van der Waals surface area contributed by atoms with E-state index < -0.39 is 23.4 Å². The molecule has 0 unspecified atom stereocenters. The maximum atomic E-state index is 13.4. The largest absolute Gasteiger partial charge is 0.490 e. The molecule has 1 saturated heterocycles. The van der Waals surface area contributed by atoms with Gasteiger partial charge in [0.25, 0.3) is 0 Å². The molecule has 1 aliphatic heterocycles. The minimum absolute atomic E-state index is 0.0277. The molecule has 1 aliphatic carbocycles. The number of halogens is 3. The van der Waals surface area contributed by atoms with Gasteiger partial charge in [0.05, 0.1) is 17.4 Å².